The van der Waals surface area contributed by atoms with Crippen molar-refractivity contribution < 1.29 is 4.74 Å². The van der Waals surface area contributed by atoms with Gasteiger partial charge in [-0.25, -0.2) is 4.98 Å². The van der Waals surface area contributed by atoms with Gasteiger partial charge in [0.15, 0.2) is 5.16 Å². The molecule has 0 aliphatic rings. The number of methoxy groups -OCH3 is 1. The summed E-state index contributed by atoms with van der Waals surface area (Å²) in [6, 6.07) is 13.9. The lowest BCUT2D eigenvalue weighted by Gasteiger charge is -2.13. The van der Waals surface area contributed by atoms with E-state index in [9.17, 15) is 4.79 Å². The summed E-state index contributed by atoms with van der Waals surface area (Å²) in [5.41, 5.74) is 4.50. The summed E-state index contributed by atoms with van der Waals surface area (Å²) in [7, 11) is 1.64. The van der Waals surface area contributed by atoms with Crippen LogP contribution in [0.3, 0.4) is 0 Å². The Bertz CT molecular complexity index is 950. The van der Waals surface area contributed by atoms with E-state index in [0.717, 1.165) is 16.4 Å². The maximum atomic E-state index is 12.8. The van der Waals surface area contributed by atoms with Gasteiger partial charge in [-0.1, -0.05) is 47.7 Å². The molecule has 3 rings (SSSR count). The number of aryl methyl sites for hydroxylation is 2. The fourth-order valence-electron chi connectivity index (χ4n) is 2.74. The van der Waals surface area contributed by atoms with Crippen LogP contribution in [-0.2, 0) is 17.0 Å². The second kappa shape index (κ2) is 7.85. The average molecular weight is 354 g/mol. The van der Waals surface area contributed by atoms with Crippen LogP contribution in [0.2, 0.25) is 0 Å². The van der Waals surface area contributed by atoms with Crippen LogP contribution >= 0.6 is 11.8 Å². The standard InChI is InChI=1S/C20H22N2O2S/c1-14-8-9-15(2)16(12-14)13-25-20-21-18-7-5-4-6-17(18)19(23)22(20)10-11-24-3/h4-9,12H,10-11,13H2,1-3H3. The third kappa shape index (κ3) is 3.94. The van der Waals surface area contributed by atoms with Crippen LogP contribution in [0, 0.1) is 13.8 Å². The first-order valence-electron chi connectivity index (χ1n) is 8.27. The molecule has 2 aromatic carbocycles. The van der Waals surface area contributed by atoms with Crippen LogP contribution in [0.25, 0.3) is 10.9 Å². The van der Waals surface area contributed by atoms with Gasteiger partial charge in [-0.05, 0) is 37.1 Å². The van der Waals surface area contributed by atoms with Gasteiger partial charge in [0.05, 0.1) is 24.1 Å². The zero-order chi connectivity index (χ0) is 17.8. The summed E-state index contributed by atoms with van der Waals surface area (Å²) in [4.78, 5) is 17.6. The fraction of sp³-hybridized carbons (Fsp3) is 0.300. The second-order valence-corrected chi connectivity index (χ2v) is 7.02. The van der Waals surface area contributed by atoms with E-state index in [4.69, 9.17) is 9.72 Å². The molecule has 0 saturated carbocycles. The number of hydrogen-bond donors (Lipinski definition) is 0. The maximum absolute atomic E-state index is 12.8. The number of nitrogens with zero attached hydrogens (tertiary/aromatic N) is 2. The zero-order valence-electron chi connectivity index (χ0n) is 14.8. The van der Waals surface area contributed by atoms with Gasteiger partial charge < -0.3 is 4.74 Å². The molecular weight excluding hydrogens is 332 g/mol. The molecule has 1 heterocycles. The van der Waals surface area contributed by atoms with Crippen molar-refractivity contribution in [2.45, 2.75) is 31.3 Å². The highest BCUT2D eigenvalue weighted by molar-refractivity contribution is 7.98. The van der Waals surface area contributed by atoms with Gasteiger partial charge in [0.25, 0.3) is 5.56 Å². The van der Waals surface area contributed by atoms with Crippen LogP contribution in [0.1, 0.15) is 16.7 Å². The number of benzene rings is 2. The minimum atomic E-state index is -0.00823. The van der Waals surface area contributed by atoms with Gasteiger partial charge in [0.1, 0.15) is 0 Å². The molecule has 25 heavy (non-hydrogen) atoms. The molecule has 0 bridgehead atoms. The molecule has 130 valence electrons. The Hall–Kier alpha value is -2.11. The van der Waals surface area contributed by atoms with Crippen molar-refractivity contribution in [2.24, 2.45) is 0 Å². The SMILES string of the molecule is COCCn1c(SCc2cc(C)ccc2C)nc2ccccc2c1=O. The summed E-state index contributed by atoms with van der Waals surface area (Å²) >= 11 is 1.60. The monoisotopic (exact) mass is 354 g/mol. The summed E-state index contributed by atoms with van der Waals surface area (Å²) in [5.74, 6) is 0.783. The van der Waals surface area contributed by atoms with E-state index in [1.807, 2.05) is 24.3 Å². The van der Waals surface area contributed by atoms with E-state index >= 15 is 0 Å². The van der Waals surface area contributed by atoms with Crippen molar-refractivity contribution in [3.8, 4) is 0 Å². The molecule has 0 radical (unpaired) electrons. The van der Waals surface area contributed by atoms with E-state index in [0.29, 0.717) is 18.5 Å². The molecule has 0 aliphatic heterocycles. The summed E-state index contributed by atoms with van der Waals surface area (Å²) in [5, 5.41) is 1.39. The van der Waals surface area contributed by atoms with Crippen LogP contribution < -0.4 is 5.56 Å². The molecule has 0 atom stereocenters. The third-order valence-electron chi connectivity index (χ3n) is 4.21. The topological polar surface area (TPSA) is 44.1 Å². The highest BCUT2D eigenvalue weighted by atomic mass is 32.2. The van der Waals surface area contributed by atoms with E-state index in [2.05, 4.69) is 32.0 Å². The summed E-state index contributed by atoms with van der Waals surface area (Å²) < 4.78 is 6.89. The number of para-hydroxylation sites is 1. The van der Waals surface area contributed by atoms with Crippen molar-refractivity contribution in [3.05, 3.63) is 69.5 Å². The van der Waals surface area contributed by atoms with Gasteiger partial charge in [-0.15, -0.1) is 0 Å². The van der Waals surface area contributed by atoms with Crippen molar-refractivity contribution >= 4 is 22.7 Å². The number of rotatable bonds is 6. The lowest BCUT2D eigenvalue weighted by molar-refractivity contribution is 0.183. The number of ether oxygens (including phenoxy) is 1. The van der Waals surface area contributed by atoms with Gasteiger partial charge in [-0.3, -0.25) is 9.36 Å². The second-order valence-electron chi connectivity index (χ2n) is 6.08. The average Bonchev–Trinajstić information content (AvgIpc) is 2.62. The van der Waals surface area contributed by atoms with Crippen molar-refractivity contribution in [3.63, 3.8) is 0 Å². The predicted molar refractivity (Wildman–Crippen MR) is 103 cm³/mol. The molecule has 0 N–H and O–H groups in total. The molecule has 4 nitrogen and oxygen atoms in total. The van der Waals surface area contributed by atoms with Crippen LogP contribution in [0.4, 0.5) is 0 Å². The largest absolute Gasteiger partial charge is 0.383 e. The maximum Gasteiger partial charge on any atom is 0.262 e. The first kappa shape index (κ1) is 17.7. The minimum absolute atomic E-state index is 0.00823. The normalized spacial score (nSPS) is 11.2. The zero-order valence-corrected chi connectivity index (χ0v) is 15.6. The molecule has 0 amide bonds. The third-order valence-corrected chi connectivity index (χ3v) is 5.23. The molecule has 0 unspecified atom stereocenters. The number of thioether (sulfide) groups is 1. The van der Waals surface area contributed by atoms with Crippen molar-refractivity contribution in [1.82, 2.24) is 9.55 Å². The van der Waals surface area contributed by atoms with E-state index in [-0.39, 0.29) is 5.56 Å². The van der Waals surface area contributed by atoms with Gasteiger partial charge in [0.2, 0.25) is 0 Å². The molecular formula is C20H22N2O2S. The number of hydrogen-bond acceptors (Lipinski definition) is 4. The van der Waals surface area contributed by atoms with Crippen molar-refractivity contribution in [2.75, 3.05) is 13.7 Å². The molecule has 0 spiro atoms. The Morgan fingerprint density at radius 1 is 1.16 bits per heavy atom. The minimum Gasteiger partial charge on any atom is -0.383 e. The quantitative estimate of drug-likeness (QED) is 0.497. The van der Waals surface area contributed by atoms with Crippen molar-refractivity contribution in [1.29, 1.82) is 0 Å². The molecule has 3 aromatic rings. The first-order valence-corrected chi connectivity index (χ1v) is 9.26. The van der Waals surface area contributed by atoms with E-state index in [1.54, 1.807) is 23.4 Å². The molecule has 0 fully saturated rings. The lowest BCUT2D eigenvalue weighted by Crippen LogP contribution is -2.25. The van der Waals surface area contributed by atoms with E-state index < -0.39 is 0 Å². The number of fused-ring (bicyclic) bond motifs is 1. The molecule has 5 heteroatoms. The predicted octanol–water partition coefficient (Wildman–Crippen LogP) is 3.95. The smallest absolute Gasteiger partial charge is 0.262 e. The Labute approximate surface area is 151 Å². The first-order chi connectivity index (χ1) is 12.1. The van der Waals surface area contributed by atoms with Gasteiger partial charge in [-0.2, -0.15) is 0 Å². The van der Waals surface area contributed by atoms with Gasteiger partial charge in [0, 0.05) is 12.9 Å². The number of aromatic nitrogens is 2. The summed E-state index contributed by atoms with van der Waals surface area (Å²) in [6.45, 7) is 5.19. The highest BCUT2D eigenvalue weighted by Gasteiger charge is 2.12. The van der Waals surface area contributed by atoms with E-state index in [1.165, 1.54) is 16.7 Å². The Morgan fingerprint density at radius 2 is 1.96 bits per heavy atom. The highest BCUT2D eigenvalue weighted by Crippen LogP contribution is 2.24. The van der Waals surface area contributed by atoms with Crippen LogP contribution in [0.5, 0.6) is 0 Å². The fourth-order valence-corrected chi connectivity index (χ4v) is 3.82. The van der Waals surface area contributed by atoms with Crippen LogP contribution in [0.15, 0.2) is 52.4 Å². The molecule has 0 aliphatic carbocycles. The molecule has 0 saturated heterocycles. The lowest BCUT2D eigenvalue weighted by atomic mass is 10.1. The van der Waals surface area contributed by atoms with Gasteiger partial charge >= 0.3 is 0 Å². The van der Waals surface area contributed by atoms with Crippen LogP contribution in [-0.4, -0.2) is 23.3 Å². The Kier molecular flexibility index (Phi) is 5.56. The molecule has 1 aromatic heterocycles. The summed E-state index contributed by atoms with van der Waals surface area (Å²) in [6.07, 6.45) is 0. The Morgan fingerprint density at radius 3 is 2.76 bits per heavy atom. The Balaban J connectivity index is 1.98.